The molecule has 1 aromatic heterocycles. The van der Waals surface area contributed by atoms with Crippen LogP contribution >= 0.6 is 23.4 Å². The summed E-state index contributed by atoms with van der Waals surface area (Å²) in [6.45, 7) is 1.17. The molecular formula is C24H20ClF3N4O2S. The van der Waals surface area contributed by atoms with E-state index in [-0.39, 0.29) is 34.3 Å². The molecule has 3 heterocycles. The van der Waals surface area contributed by atoms with E-state index in [0.29, 0.717) is 27.9 Å². The highest BCUT2D eigenvalue weighted by Gasteiger charge is 2.37. The van der Waals surface area contributed by atoms with Gasteiger partial charge in [0.25, 0.3) is 11.1 Å². The Kier molecular flexibility index (Phi) is 6.37. The van der Waals surface area contributed by atoms with Crippen molar-refractivity contribution in [2.45, 2.75) is 31.6 Å². The Labute approximate surface area is 208 Å². The van der Waals surface area contributed by atoms with Crippen LogP contribution in [0.15, 0.2) is 47.5 Å². The first kappa shape index (κ1) is 23.9. The average Bonchev–Trinajstić information content (AvgIpc) is 3.52. The lowest BCUT2D eigenvalue weighted by Gasteiger charge is -2.17. The molecule has 35 heavy (non-hydrogen) atoms. The summed E-state index contributed by atoms with van der Waals surface area (Å²) in [5, 5.41) is 7.98. The summed E-state index contributed by atoms with van der Waals surface area (Å²) in [6, 6.07) is 9.09. The van der Waals surface area contributed by atoms with Crippen LogP contribution in [-0.2, 0) is 17.5 Å². The van der Waals surface area contributed by atoms with Crippen LogP contribution in [0.5, 0.6) is 0 Å². The molecule has 0 spiro atoms. The van der Waals surface area contributed by atoms with Gasteiger partial charge >= 0.3 is 6.18 Å². The highest BCUT2D eigenvalue weighted by atomic mass is 35.5. The third kappa shape index (κ3) is 4.96. The second-order valence-corrected chi connectivity index (χ2v) is 9.93. The van der Waals surface area contributed by atoms with Gasteiger partial charge in [0.2, 0.25) is 0 Å². The number of carbonyl (C=O) groups excluding carboxylic acids is 2. The SMILES string of the molecule is O=C1S/C(=C\c2ccc3c(cnn3Cc3ccc(Cl)cc3C(F)(F)F)c2)C(=O)N1C[C@H]1CCCN1. The van der Waals surface area contributed by atoms with Crippen molar-refractivity contribution in [3.63, 3.8) is 0 Å². The molecule has 6 nitrogen and oxygen atoms in total. The Balaban J connectivity index is 1.37. The maximum Gasteiger partial charge on any atom is 0.416 e. The molecule has 0 saturated carbocycles. The maximum absolute atomic E-state index is 13.5. The topological polar surface area (TPSA) is 67.2 Å². The first-order chi connectivity index (χ1) is 16.7. The molecule has 5 rings (SSSR count). The normalized spacial score (nSPS) is 20.1. The van der Waals surface area contributed by atoms with Crippen LogP contribution in [0, 0.1) is 0 Å². The van der Waals surface area contributed by atoms with Gasteiger partial charge in [-0.25, -0.2) is 0 Å². The summed E-state index contributed by atoms with van der Waals surface area (Å²) in [4.78, 5) is 26.8. The van der Waals surface area contributed by atoms with Crippen LogP contribution in [0.4, 0.5) is 18.0 Å². The third-order valence-corrected chi connectivity index (χ3v) is 7.24. The largest absolute Gasteiger partial charge is 0.416 e. The van der Waals surface area contributed by atoms with Gasteiger partial charge in [0.1, 0.15) is 0 Å². The number of thioether (sulfide) groups is 1. The number of rotatable bonds is 5. The van der Waals surface area contributed by atoms with Crippen molar-refractivity contribution in [1.82, 2.24) is 20.0 Å². The Bertz CT molecular complexity index is 1350. The van der Waals surface area contributed by atoms with Crippen LogP contribution < -0.4 is 5.32 Å². The fraction of sp³-hybridized carbons (Fsp3) is 0.292. The molecule has 2 aliphatic rings. The molecule has 1 atom stereocenters. The number of hydrogen-bond donors (Lipinski definition) is 1. The fourth-order valence-corrected chi connectivity index (χ4v) is 5.40. The van der Waals surface area contributed by atoms with E-state index in [0.717, 1.165) is 37.2 Å². The van der Waals surface area contributed by atoms with Crippen molar-refractivity contribution in [1.29, 1.82) is 0 Å². The number of fused-ring (bicyclic) bond motifs is 1. The van der Waals surface area contributed by atoms with Gasteiger partial charge in [-0.2, -0.15) is 18.3 Å². The zero-order valence-electron chi connectivity index (χ0n) is 18.3. The number of nitrogens with zero attached hydrogens (tertiary/aromatic N) is 3. The van der Waals surface area contributed by atoms with Crippen LogP contribution in [0.1, 0.15) is 29.5 Å². The van der Waals surface area contributed by atoms with Crippen molar-refractivity contribution >= 4 is 51.5 Å². The number of hydrogen-bond acceptors (Lipinski definition) is 5. The minimum Gasteiger partial charge on any atom is -0.312 e. The van der Waals surface area contributed by atoms with Gasteiger partial charge in [0, 0.05) is 23.0 Å². The van der Waals surface area contributed by atoms with E-state index in [1.807, 2.05) is 0 Å². The first-order valence-electron chi connectivity index (χ1n) is 11.0. The van der Waals surface area contributed by atoms with Crippen molar-refractivity contribution in [2.24, 2.45) is 0 Å². The van der Waals surface area contributed by atoms with Crippen molar-refractivity contribution in [2.75, 3.05) is 13.1 Å². The van der Waals surface area contributed by atoms with E-state index in [4.69, 9.17) is 11.6 Å². The molecule has 2 fully saturated rings. The first-order valence-corrected chi connectivity index (χ1v) is 12.2. The van der Waals surface area contributed by atoms with Crippen LogP contribution in [-0.4, -0.2) is 45.0 Å². The summed E-state index contributed by atoms with van der Waals surface area (Å²) in [5.41, 5.74) is 0.602. The molecule has 2 aliphatic heterocycles. The minimum absolute atomic E-state index is 0.0139. The number of amides is 2. The average molecular weight is 521 g/mol. The molecule has 0 bridgehead atoms. The molecule has 0 unspecified atom stereocenters. The molecule has 0 aliphatic carbocycles. The molecule has 2 saturated heterocycles. The summed E-state index contributed by atoms with van der Waals surface area (Å²) in [5.74, 6) is -0.313. The zero-order chi connectivity index (χ0) is 24.7. The monoisotopic (exact) mass is 520 g/mol. The van der Waals surface area contributed by atoms with Gasteiger partial charge in [-0.15, -0.1) is 0 Å². The number of benzene rings is 2. The van der Waals surface area contributed by atoms with E-state index in [1.54, 1.807) is 30.5 Å². The number of alkyl halides is 3. The highest BCUT2D eigenvalue weighted by molar-refractivity contribution is 8.18. The van der Waals surface area contributed by atoms with Crippen molar-refractivity contribution < 1.29 is 22.8 Å². The number of nitrogens with one attached hydrogen (secondary N) is 1. The van der Waals surface area contributed by atoms with Crippen LogP contribution in [0.3, 0.4) is 0 Å². The van der Waals surface area contributed by atoms with Crippen molar-refractivity contribution in [3.05, 3.63) is 69.2 Å². The van der Waals surface area contributed by atoms with Gasteiger partial charge < -0.3 is 5.32 Å². The molecule has 3 aromatic rings. The van der Waals surface area contributed by atoms with E-state index in [9.17, 15) is 22.8 Å². The Hall–Kier alpha value is -2.82. The molecule has 182 valence electrons. The standard InChI is InChI=1S/C24H20ClF3N4O2S/c25-17-5-4-15(19(10-17)24(26,27)28)12-32-20-6-3-14(8-16(20)11-30-32)9-21-22(33)31(23(34)35-21)13-18-2-1-7-29-18/h3-6,8-11,18,29H,1-2,7,12-13H2/b21-9-/t18-/m1/s1. The molecule has 2 amide bonds. The number of carbonyl (C=O) groups is 2. The lowest BCUT2D eigenvalue weighted by Crippen LogP contribution is -2.39. The van der Waals surface area contributed by atoms with Gasteiger partial charge in [0.15, 0.2) is 0 Å². The quantitative estimate of drug-likeness (QED) is 0.447. The lowest BCUT2D eigenvalue weighted by atomic mass is 10.1. The molecule has 11 heteroatoms. The van der Waals surface area contributed by atoms with Crippen molar-refractivity contribution in [3.8, 4) is 0 Å². The minimum atomic E-state index is -4.53. The number of imide groups is 1. The van der Waals surface area contributed by atoms with Crippen LogP contribution in [0.25, 0.3) is 17.0 Å². The lowest BCUT2D eigenvalue weighted by molar-refractivity contribution is -0.138. The molecule has 0 radical (unpaired) electrons. The van der Waals surface area contributed by atoms with Gasteiger partial charge in [-0.05, 0) is 72.6 Å². The summed E-state index contributed by atoms with van der Waals surface area (Å²) < 4.78 is 41.9. The molecular weight excluding hydrogens is 501 g/mol. The smallest absolute Gasteiger partial charge is 0.312 e. The van der Waals surface area contributed by atoms with Gasteiger partial charge in [-0.1, -0.05) is 23.7 Å². The van der Waals surface area contributed by atoms with Gasteiger partial charge in [-0.3, -0.25) is 19.2 Å². The van der Waals surface area contributed by atoms with E-state index in [1.165, 1.54) is 21.7 Å². The number of aromatic nitrogens is 2. The predicted molar refractivity (Wildman–Crippen MR) is 129 cm³/mol. The van der Waals surface area contributed by atoms with E-state index in [2.05, 4.69) is 10.4 Å². The summed E-state index contributed by atoms with van der Waals surface area (Å²) in [6.07, 6.45) is 0.646. The Morgan fingerprint density at radius 3 is 2.77 bits per heavy atom. The molecule has 2 aromatic carbocycles. The summed E-state index contributed by atoms with van der Waals surface area (Å²) >= 11 is 6.69. The Morgan fingerprint density at radius 1 is 1.20 bits per heavy atom. The summed E-state index contributed by atoms with van der Waals surface area (Å²) in [7, 11) is 0. The zero-order valence-corrected chi connectivity index (χ0v) is 19.9. The molecule has 1 N–H and O–H groups in total. The van der Waals surface area contributed by atoms with E-state index >= 15 is 0 Å². The third-order valence-electron chi connectivity index (χ3n) is 6.10. The Morgan fingerprint density at radius 2 is 2.03 bits per heavy atom. The van der Waals surface area contributed by atoms with Crippen LogP contribution in [0.2, 0.25) is 5.02 Å². The van der Waals surface area contributed by atoms with Gasteiger partial charge in [0.05, 0.1) is 28.7 Å². The maximum atomic E-state index is 13.5. The predicted octanol–water partition coefficient (Wildman–Crippen LogP) is 5.55. The fourth-order valence-electron chi connectivity index (χ4n) is 4.37. The second kappa shape index (κ2) is 9.33. The highest BCUT2D eigenvalue weighted by Crippen LogP contribution is 2.35. The second-order valence-electron chi connectivity index (χ2n) is 8.51. The van der Waals surface area contributed by atoms with E-state index < -0.39 is 11.7 Å². The number of halogens is 4.